The van der Waals surface area contributed by atoms with Gasteiger partial charge in [-0.2, -0.15) is 5.10 Å². The number of nitrogens with one attached hydrogen (secondary N) is 2. The number of halogens is 1. The molecule has 1 aliphatic rings. The Bertz CT molecular complexity index is 1350. The van der Waals surface area contributed by atoms with Gasteiger partial charge in [0.1, 0.15) is 5.52 Å². The molecule has 2 aromatic carbocycles. The van der Waals surface area contributed by atoms with E-state index in [0.717, 1.165) is 24.2 Å². The van der Waals surface area contributed by atoms with Crippen LogP contribution < -0.4 is 20.3 Å². The molecule has 3 heterocycles. The Kier molecular flexibility index (Phi) is 5.20. The number of anilines is 2. The molecule has 172 valence electrons. The quantitative estimate of drug-likeness (QED) is 0.490. The molecule has 0 aliphatic carbocycles. The molecule has 0 saturated carbocycles. The van der Waals surface area contributed by atoms with Crippen LogP contribution in [0, 0.1) is 5.82 Å². The third-order valence-corrected chi connectivity index (χ3v) is 5.92. The molecule has 2 N–H and O–H groups in total. The molecule has 8 nitrogen and oxygen atoms in total. The van der Waals surface area contributed by atoms with Gasteiger partial charge in [-0.15, -0.1) is 0 Å². The van der Waals surface area contributed by atoms with Crippen LogP contribution in [0.1, 0.15) is 24.2 Å². The maximum Gasteiger partial charge on any atom is 0.285 e. The van der Waals surface area contributed by atoms with E-state index < -0.39 is 11.7 Å². The summed E-state index contributed by atoms with van der Waals surface area (Å²) in [5, 5.41) is 11.8. The summed E-state index contributed by atoms with van der Waals surface area (Å²) in [7, 11) is 3.25. The number of carbonyl (C=O) groups is 1. The average Bonchev–Trinajstić information content (AvgIpc) is 3.35. The number of amides is 1. The Balaban J connectivity index is 1.52. The van der Waals surface area contributed by atoms with E-state index in [2.05, 4.69) is 34.5 Å². The fourth-order valence-electron chi connectivity index (χ4n) is 4.65. The predicted molar refractivity (Wildman–Crippen MR) is 126 cm³/mol. The first kappa shape index (κ1) is 21.3. The summed E-state index contributed by atoms with van der Waals surface area (Å²) in [4.78, 5) is 15.5. The second-order valence-corrected chi connectivity index (χ2v) is 8.67. The number of rotatable bonds is 4. The first-order valence-electron chi connectivity index (χ1n) is 10.9. The predicted octanol–water partition coefficient (Wildman–Crippen LogP) is 3.91. The Morgan fingerprint density at radius 2 is 2.00 bits per heavy atom. The topological polar surface area (TPSA) is 84.6 Å². The highest BCUT2D eigenvalue weighted by Crippen LogP contribution is 2.36. The van der Waals surface area contributed by atoms with Crippen LogP contribution in [0.2, 0.25) is 0 Å². The first-order chi connectivity index (χ1) is 15.8. The fourth-order valence-corrected chi connectivity index (χ4v) is 4.65. The summed E-state index contributed by atoms with van der Waals surface area (Å²) >= 11 is 0. The summed E-state index contributed by atoms with van der Waals surface area (Å²) in [5.74, 6) is -0.565. The summed E-state index contributed by atoms with van der Waals surface area (Å²) in [5.41, 5.74) is 2.37. The molecule has 9 heteroatoms. The molecule has 2 atom stereocenters. The van der Waals surface area contributed by atoms with E-state index in [-0.39, 0.29) is 5.52 Å². The van der Waals surface area contributed by atoms with E-state index >= 15 is 0 Å². The molecule has 1 amide bonds. The van der Waals surface area contributed by atoms with Crippen molar-refractivity contribution in [3.8, 4) is 5.95 Å². The summed E-state index contributed by atoms with van der Waals surface area (Å²) in [6.45, 7) is 5.97. The van der Waals surface area contributed by atoms with Crippen molar-refractivity contribution in [1.29, 1.82) is 0 Å². The minimum Gasteiger partial charge on any atom is -0.468 e. The van der Waals surface area contributed by atoms with Gasteiger partial charge >= 0.3 is 0 Å². The highest BCUT2D eigenvalue weighted by atomic mass is 19.1. The summed E-state index contributed by atoms with van der Waals surface area (Å²) < 4.78 is 27.2. The van der Waals surface area contributed by atoms with Crippen LogP contribution in [0.15, 0.2) is 40.9 Å². The highest BCUT2D eigenvalue weighted by molar-refractivity contribution is 6.14. The minimum absolute atomic E-state index is 0.262. The number of nitrogens with zero attached hydrogens (tertiary/aromatic N) is 3. The first-order valence-corrected chi connectivity index (χ1v) is 10.9. The number of carbonyl (C=O) groups excluding carboxylic acids is 1. The molecular formula is C24H26FN5O3. The van der Waals surface area contributed by atoms with Crippen molar-refractivity contribution in [1.82, 2.24) is 15.1 Å². The highest BCUT2D eigenvalue weighted by Gasteiger charge is 2.26. The van der Waals surface area contributed by atoms with Crippen LogP contribution in [0.3, 0.4) is 0 Å². The van der Waals surface area contributed by atoms with Crippen molar-refractivity contribution in [3.63, 3.8) is 0 Å². The van der Waals surface area contributed by atoms with Gasteiger partial charge in [-0.1, -0.05) is 0 Å². The van der Waals surface area contributed by atoms with Crippen LogP contribution in [-0.2, 0) is 7.05 Å². The van der Waals surface area contributed by atoms with Gasteiger partial charge in [0.15, 0.2) is 11.4 Å². The van der Waals surface area contributed by atoms with Crippen molar-refractivity contribution in [2.45, 2.75) is 25.9 Å². The lowest BCUT2D eigenvalue weighted by Gasteiger charge is -2.38. The number of piperazine rings is 1. The molecule has 4 aromatic rings. The van der Waals surface area contributed by atoms with E-state index in [9.17, 15) is 9.18 Å². The van der Waals surface area contributed by atoms with Crippen molar-refractivity contribution >= 4 is 39.2 Å². The number of methoxy groups -OCH3 is 1. The van der Waals surface area contributed by atoms with Crippen LogP contribution >= 0.6 is 0 Å². The molecule has 0 spiro atoms. The lowest BCUT2D eigenvalue weighted by molar-refractivity contribution is 0.102. The van der Waals surface area contributed by atoms with Crippen molar-refractivity contribution in [2.24, 2.45) is 7.05 Å². The van der Waals surface area contributed by atoms with Gasteiger partial charge in [-0.05, 0) is 38.1 Å². The molecule has 0 radical (unpaired) electrons. The molecule has 2 aromatic heterocycles. The number of ether oxygens (including phenoxy) is 1. The largest absolute Gasteiger partial charge is 0.468 e. The van der Waals surface area contributed by atoms with Gasteiger partial charge in [0.2, 0.25) is 0 Å². The Morgan fingerprint density at radius 1 is 1.24 bits per heavy atom. The summed E-state index contributed by atoms with van der Waals surface area (Å²) in [6, 6.07) is 9.11. The molecule has 1 fully saturated rings. The Morgan fingerprint density at radius 3 is 2.73 bits per heavy atom. The maximum atomic E-state index is 14.5. The molecule has 0 bridgehead atoms. The zero-order valence-corrected chi connectivity index (χ0v) is 19.0. The maximum absolute atomic E-state index is 14.5. The monoisotopic (exact) mass is 451 g/mol. The second-order valence-electron chi connectivity index (χ2n) is 8.67. The van der Waals surface area contributed by atoms with E-state index in [1.165, 1.54) is 17.9 Å². The molecule has 5 rings (SSSR count). The van der Waals surface area contributed by atoms with Crippen LogP contribution in [0.5, 0.6) is 5.95 Å². The fraction of sp³-hybridized carbons (Fsp3) is 0.333. The third kappa shape index (κ3) is 3.89. The van der Waals surface area contributed by atoms with Gasteiger partial charge in [0.25, 0.3) is 11.9 Å². The van der Waals surface area contributed by atoms with Gasteiger partial charge in [0.05, 0.1) is 12.7 Å². The lowest BCUT2D eigenvalue weighted by Crippen LogP contribution is -2.54. The Labute approximate surface area is 190 Å². The number of hydrogen-bond donors (Lipinski definition) is 2. The standard InChI is InChI=1S/C24H26FN5O3/c1-13-10-30(11-14(2)26-13)20-6-5-17(23-18(20)9-21(32-4)33-23)24(31)27-16-7-15-12-29(3)28-22(15)19(25)8-16/h5-9,12-14,26H,10-11H2,1-4H3,(H,27,31)/t13-,14-/m0/s1. The summed E-state index contributed by atoms with van der Waals surface area (Å²) in [6.07, 6.45) is 1.70. The van der Waals surface area contributed by atoms with Crippen molar-refractivity contribution < 1.29 is 18.3 Å². The zero-order chi connectivity index (χ0) is 23.3. The minimum atomic E-state index is -0.495. The van der Waals surface area contributed by atoms with Crippen molar-refractivity contribution in [3.05, 3.63) is 47.9 Å². The van der Waals surface area contributed by atoms with E-state index in [4.69, 9.17) is 9.15 Å². The molecular weight excluding hydrogens is 425 g/mol. The van der Waals surface area contributed by atoms with E-state index in [1.54, 1.807) is 31.4 Å². The van der Waals surface area contributed by atoms with Crippen LogP contribution in [0.25, 0.3) is 21.9 Å². The van der Waals surface area contributed by atoms with Gasteiger partial charge in [-0.3, -0.25) is 9.48 Å². The average molecular weight is 452 g/mol. The number of benzene rings is 2. The number of aromatic nitrogens is 2. The van der Waals surface area contributed by atoms with E-state index in [0.29, 0.717) is 40.3 Å². The molecule has 1 saturated heterocycles. The third-order valence-electron chi connectivity index (χ3n) is 5.92. The smallest absolute Gasteiger partial charge is 0.285 e. The second kappa shape index (κ2) is 8.08. The van der Waals surface area contributed by atoms with Gasteiger partial charge < -0.3 is 24.7 Å². The Hall–Kier alpha value is -3.59. The number of fused-ring (bicyclic) bond motifs is 2. The van der Waals surface area contributed by atoms with Crippen molar-refractivity contribution in [2.75, 3.05) is 30.4 Å². The molecule has 33 heavy (non-hydrogen) atoms. The van der Waals surface area contributed by atoms with E-state index in [1.807, 2.05) is 6.07 Å². The number of aryl methyl sites for hydroxylation is 1. The lowest BCUT2D eigenvalue weighted by atomic mass is 10.1. The molecule has 1 aliphatic heterocycles. The van der Waals surface area contributed by atoms with Crippen LogP contribution in [0.4, 0.5) is 15.8 Å². The zero-order valence-electron chi connectivity index (χ0n) is 19.0. The normalized spacial score (nSPS) is 18.8. The molecule has 0 unspecified atom stereocenters. The van der Waals surface area contributed by atoms with Gasteiger partial charge in [-0.25, -0.2) is 4.39 Å². The number of hydrogen-bond acceptors (Lipinski definition) is 6. The van der Waals surface area contributed by atoms with Gasteiger partial charge in [0, 0.05) is 66.6 Å². The van der Waals surface area contributed by atoms with Crippen LogP contribution in [-0.4, -0.2) is 48.0 Å². The number of furan rings is 1. The SMILES string of the molecule is COc1cc2c(N3C[C@H](C)N[C@@H](C)C3)ccc(C(=O)Nc3cc(F)c4nn(C)cc4c3)c2o1.